The maximum absolute atomic E-state index is 12.5. The average Bonchev–Trinajstić information content (AvgIpc) is 3.03. The molecule has 3 rings (SSSR count). The zero-order chi connectivity index (χ0) is 17.2. The third-order valence-corrected chi connectivity index (χ3v) is 4.88. The number of nitrogens with zero attached hydrogens (tertiary/aromatic N) is 2. The van der Waals surface area contributed by atoms with E-state index in [9.17, 15) is 18.0 Å². The van der Waals surface area contributed by atoms with Gasteiger partial charge in [-0.05, 0) is 44.0 Å². The van der Waals surface area contributed by atoms with Crippen molar-refractivity contribution in [3.8, 4) is 0 Å². The standard InChI is InChI=1S/C15H15F3N4OS/c16-15(17,18)12-2-1-10(7-20-12)13(23)22-14-21-8-11(24-14)9-3-5-19-6-4-9/h1-2,7-9,19H,3-6H2,(H,21,22,23). The molecule has 0 aromatic carbocycles. The summed E-state index contributed by atoms with van der Waals surface area (Å²) in [6, 6.07) is 1.89. The Bertz CT molecular complexity index is 708. The first-order chi connectivity index (χ1) is 11.4. The lowest BCUT2D eigenvalue weighted by atomic mass is 9.97. The number of anilines is 1. The van der Waals surface area contributed by atoms with Gasteiger partial charge in [0.2, 0.25) is 0 Å². The molecule has 1 aliphatic rings. The van der Waals surface area contributed by atoms with Gasteiger partial charge in [0.05, 0.1) is 5.56 Å². The van der Waals surface area contributed by atoms with Gasteiger partial charge in [0, 0.05) is 17.3 Å². The molecule has 2 aromatic rings. The van der Waals surface area contributed by atoms with Crippen molar-refractivity contribution < 1.29 is 18.0 Å². The number of piperidine rings is 1. The van der Waals surface area contributed by atoms with Crippen LogP contribution < -0.4 is 10.6 Å². The van der Waals surface area contributed by atoms with Gasteiger partial charge in [-0.3, -0.25) is 15.1 Å². The van der Waals surface area contributed by atoms with E-state index in [4.69, 9.17) is 0 Å². The molecule has 2 aromatic heterocycles. The largest absolute Gasteiger partial charge is 0.433 e. The van der Waals surface area contributed by atoms with Crippen molar-refractivity contribution in [3.63, 3.8) is 0 Å². The number of carbonyl (C=O) groups excluding carboxylic acids is 1. The Balaban J connectivity index is 1.65. The minimum Gasteiger partial charge on any atom is -0.317 e. The van der Waals surface area contributed by atoms with Crippen LogP contribution in [-0.4, -0.2) is 29.0 Å². The van der Waals surface area contributed by atoms with Crippen LogP contribution in [0.3, 0.4) is 0 Å². The molecule has 1 aliphatic heterocycles. The van der Waals surface area contributed by atoms with Crippen LogP contribution in [0.1, 0.15) is 39.7 Å². The summed E-state index contributed by atoms with van der Waals surface area (Å²) in [7, 11) is 0. The predicted molar refractivity (Wildman–Crippen MR) is 84.2 cm³/mol. The molecule has 2 N–H and O–H groups in total. The Hall–Kier alpha value is -2.00. The Morgan fingerprint density at radius 3 is 2.58 bits per heavy atom. The van der Waals surface area contributed by atoms with Gasteiger partial charge >= 0.3 is 6.18 Å². The van der Waals surface area contributed by atoms with Crippen molar-refractivity contribution in [1.29, 1.82) is 0 Å². The SMILES string of the molecule is O=C(Nc1ncc(C2CCNCC2)s1)c1ccc(C(F)(F)F)nc1. The lowest BCUT2D eigenvalue weighted by Crippen LogP contribution is -2.26. The van der Waals surface area contributed by atoms with Crippen molar-refractivity contribution in [3.05, 3.63) is 40.7 Å². The van der Waals surface area contributed by atoms with Crippen LogP contribution in [0.2, 0.25) is 0 Å². The first kappa shape index (κ1) is 16.8. The monoisotopic (exact) mass is 356 g/mol. The van der Waals surface area contributed by atoms with Crippen LogP contribution >= 0.6 is 11.3 Å². The fourth-order valence-electron chi connectivity index (χ4n) is 2.50. The lowest BCUT2D eigenvalue weighted by molar-refractivity contribution is -0.141. The molecule has 0 aliphatic carbocycles. The summed E-state index contributed by atoms with van der Waals surface area (Å²) in [5, 5.41) is 6.33. The molecule has 5 nitrogen and oxygen atoms in total. The molecule has 1 saturated heterocycles. The Labute approximate surface area is 140 Å². The predicted octanol–water partition coefficient (Wildman–Crippen LogP) is 3.28. The topological polar surface area (TPSA) is 66.9 Å². The van der Waals surface area contributed by atoms with Crippen LogP contribution in [-0.2, 0) is 6.18 Å². The number of carbonyl (C=O) groups is 1. The Morgan fingerprint density at radius 2 is 1.96 bits per heavy atom. The van der Waals surface area contributed by atoms with Gasteiger partial charge in [-0.15, -0.1) is 11.3 Å². The number of thiazole rings is 1. The van der Waals surface area contributed by atoms with Gasteiger partial charge in [0.15, 0.2) is 5.13 Å². The number of aromatic nitrogens is 2. The van der Waals surface area contributed by atoms with E-state index in [1.165, 1.54) is 11.3 Å². The molecule has 0 saturated carbocycles. The van der Waals surface area contributed by atoms with Crippen LogP contribution in [0.5, 0.6) is 0 Å². The van der Waals surface area contributed by atoms with E-state index in [1.807, 2.05) is 0 Å². The van der Waals surface area contributed by atoms with E-state index in [1.54, 1.807) is 6.20 Å². The minimum atomic E-state index is -4.52. The number of halogens is 3. The molecule has 3 heterocycles. The molecule has 24 heavy (non-hydrogen) atoms. The number of hydrogen-bond donors (Lipinski definition) is 2. The summed E-state index contributed by atoms with van der Waals surface area (Å²) in [5.41, 5.74) is -0.969. The second-order valence-electron chi connectivity index (χ2n) is 5.48. The molecule has 0 radical (unpaired) electrons. The van der Waals surface area contributed by atoms with Gasteiger partial charge in [-0.1, -0.05) is 0 Å². The second kappa shape index (κ2) is 6.86. The molecule has 0 atom stereocenters. The fraction of sp³-hybridized carbons (Fsp3) is 0.400. The van der Waals surface area contributed by atoms with Crippen LogP contribution in [0, 0.1) is 0 Å². The van der Waals surface area contributed by atoms with Crippen molar-refractivity contribution in [1.82, 2.24) is 15.3 Å². The van der Waals surface area contributed by atoms with Gasteiger partial charge in [0.1, 0.15) is 5.69 Å². The highest BCUT2D eigenvalue weighted by atomic mass is 32.1. The molecule has 9 heteroatoms. The van der Waals surface area contributed by atoms with E-state index in [0.29, 0.717) is 11.0 Å². The van der Waals surface area contributed by atoms with Gasteiger partial charge in [0.25, 0.3) is 5.91 Å². The molecule has 1 amide bonds. The molecule has 0 spiro atoms. The van der Waals surface area contributed by atoms with E-state index in [-0.39, 0.29) is 5.56 Å². The smallest absolute Gasteiger partial charge is 0.317 e. The number of alkyl halides is 3. The van der Waals surface area contributed by atoms with Crippen molar-refractivity contribution in [2.45, 2.75) is 24.9 Å². The van der Waals surface area contributed by atoms with Crippen molar-refractivity contribution >= 4 is 22.4 Å². The van der Waals surface area contributed by atoms with Gasteiger partial charge in [-0.25, -0.2) is 4.98 Å². The molecular formula is C15H15F3N4OS. The van der Waals surface area contributed by atoms with Crippen molar-refractivity contribution in [2.24, 2.45) is 0 Å². The summed E-state index contributed by atoms with van der Waals surface area (Å²) >= 11 is 1.40. The Kier molecular flexibility index (Phi) is 4.81. The van der Waals surface area contributed by atoms with Gasteiger partial charge in [-0.2, -0.15) is 13.2 Å². The maximum Gasteiger partial charge on any atom is 0.433 e. The number of pyridine rings is 1. The Morgan fingerprint density at radius 1 is 1.21 bits per heavy atom. The van der Waals surface area contributed by atoms with E-state index < -0.39 is 17.8 Å². The number of hydrogen-bond acceptors (Lipinski definition) is 5. The molecule has 128 valence electrons. The zero-order valence-electron chi connectivity index (χ0n) is 12.6. The van der Waals surface area contributed by atoms with Gasteiger partial charge < -0.3 is 5.32 Å². The third-order valence-electron chi connectivity index (χ3n) is 3.80. The summed E-state index contributed by atoms with van der Waals surface area (Å²) < 4.78 is 37.4. The summed E-state index contributed by atoms with van der Waals surface area (Å²) in [4.78, 5) is 20.7. The molecular weight excluding hydrogens is 341 g/mol. The molecule has 0 unspecified atom stereocenters. The highest BCUT2D eigenvalue weighted by Crippen LogP contribution is 2.32. The van der Waals surface area contributed by atoms with E-state index >= 15 is 0 Å². The minimum absolute atomic E-state index is 0.0571. The van der Waals surface area contributed by atoms with Crippen molar-refractivity contribution in [2.75, 3.05) is 18.4 Å². The summed E-state index contributed by atoms with van der Waals surface area (Å²) in [5.74, 6) is -0.0930. The zero-order valence-corrected chi connectivity index (χ0v) is 13.4. The summed E-state index contributed by atoms with van der Waals surface area (Å²) in [6.07, 6.45) is 0.200. The van der Waals surface area contributed by atoms with Crippen LogP contribution in [0.15, 0.2) is 24.5 Å². The van der Waals surface area contributed by atoms with Crippen LogP contribution in [0.4, 0.5) is 18.3 Å². The summed E-state index contributed by atoms with van der Waals surface area (Å²) in [6.45, 7) is 1.92. The van der Waals surface area contributed by atoms with Crippen LogP contribution in [0.25, 0.3) is 0 Å². The highest BCUT2D eigenvalue weighted by molar-refractivity contribution is 7.15. The van der Waals surface area contributed by atoms with E-state index in [0.717, 1.165) is 49.1 Å². The van der Waals surface area contributed by atoms with E-state index in [2.05, 4.69) is 20.6 Å². The number of rotatable bonds is 3. The maximum atomic E-state index is 12.5. The average molecular weight is 356 g/mol. The quantitative estimate of drug-likeness (QED) is 0.886. The third kappa shape index (κ3) is 3.90. The molecule has 1 fully saturated rings. The first-order valence-corrected chi connectivity index (χ1v) is 8.26. The lowest BCUT2D eigenvalue weighted by Gasteiger charge is -2.20. The fourth-order valence-corrected chi connectivity index (χ4v) is 3.48. The highest BCUT2D eigenvalue weighted by Gasteiger charge is 2.32. The number of amides is 1. The second-order valence-corrected chi connectivity index (χ2v) is 6.54. The number of nitrogens with one attached hydrogen (secondary N) is 2. The normalized spacial score (nSPS) is 16.1. The molecule has 0 bridgehead atoms. The first-order valence-electron chi connectivity index (χ1n) is 7.44.